The average molecular weight is 199 g/mol. The second-order valence-electron chi connectivity index (χ2n) is 5.01. The molecule has 1 rings (SSSR count). The fraction of sp³-hybridized carbons (Fsp3) is 0.909. The maximum Gasteiger partial charge on any atom is 0.126 e. The minimum absolute atomic E-state index is 0.230. The summed E-state index contributed by atoms with van der Waals surface area (Å²) in [6, 6.07) is 0. The molecule has 3 nitrogen and oxygen atoms in total. The summed E-state index contributed by atoms with van der Waals surface area (Å²) in [6.07, 6.45) is 3.15. The summed E-state index contributed by atoms with van der Waals surface area (Å²) in [5, 5.41) is 8.98. The molecule has 0 aromatic rings. The molecule has 1 N–H and O–H groups in total. The lowest BCUT2D eigenvalue weighted by atomic mass is 9.92. The van der Waals surface area contributed by atoms with Crippen molar-refractivity contribution in [3.8, 4) is 0 Å². The minimum Gasteiger partial charge on any atom is -0.396 e. The van der Waals surface area contributed by atoms with Gasteiger partial charge in [0.05, 0.1) is 0 Å². The number of aliphatic hydroxyl groups excluding tert-OH is 1. The van der Waals surface area contributed by atoms with Crippen molar-refractivity contribution in [3.63, 3.8) is 0 Å². The molecule has 0 aromatic carbocycles. The third-order valence-electron chi connectivity index (χ3n) is 2.92. The number of hydrogen-bond donors (Lipinski definition) is 1. The van der Waals surface area contributed by atoms with Gasteiger partial charge in [-0.3, -0.25) is 0 Å². The molecule has 0 radical (unpaired) electrons. The Balaban J connectivity index is 2.32. The zero-order valence-electron chi connectivity index (χ0n) is 9.20. The second kappa shape index (κ2) is 4.89. The molecule has 1 heterocycles. The molecule has 14 heavy (non-hydrogen) atoms. The Morgan fingerprint density at radius 3 is 2.43 bits per heavy atom. The highest BCUT2D eigenvalue weighted by Crippen LogP contribution is 2.20. The quantitative estimate of drug-likeness (QED) is 0.684. The first-order valence-corrected chi connectivity index (χ1v) is 5.37. The first kappa shape index (κ1) is 11.7. The lowest BCUT2D eigenvalue weighted by Crippen LogP contribution is -2.41. The van der Waals surface area contributed by atoms with Gasteiger partial charge in [-0.25, -0.2) is 0 Å². The molecule has 0 aromatic heterocycles. The topological polar surface area (TPSA) is 40.5 Å². The Morgan fingerprint density at radius 1 is 1.43 bits per heavy atom. The van der Waals surface area contributed by atoms with E-state index in [1.165, 1.54) is 0 Å². The molecule has 3 heteroatoms. The third-order valence-corrected chi connectivity index (χ3v) is 2.92. The lowest BCUT2D eigenvalue weighted by molar-refractivity contribution is -0.115. The summed E-state index contributed by atoms with van der Waals surface area (Å²) in [4.78, 5) is 13.1. The summed E-state index contributed by atoms with van der Waals surface area (Å²) in [5.74, 6) is 0.477. The average Bonchev–Trinajstić information content (AvgIpc) is 2.19. The van der Waals surface area contributed by atoms with Crippen LogP contribution in [-0.4, -0.2) is 42.5 Å². The van der Waals surface area contributed by atoms with Crippen LogP contribution in [0.3, 0.4) is 0 Å². The van der Waals surface area contributed by atoms with E-state index in [-0.39, 0.29) is 5.41 Å². The monoisotopic (exact) mass is 199 g/mol. The number of aliphatic hydroxyl groups is 1. The van der Waals surface area contributed by atoms with Crippen LogP contribution in [-0.2, 0) is 4.79 Å². The van der Waals surface area contributed by atoms with E-state index in [4.69, 9.17) is 5.11 Å². The normalized spacial score (nSPS) is 21.1. The van der Waals surface area contributed by atoms with E-state index >= 15 is 0 Å². The van der Waals surface area contributed by atoms with Crippen molar-refractivity contribution in [1.29, 1.82) is 0 Å². The highest BCUT2D eigenvalue weighted by atomic mass is 16.3. The molecule has 1 aliphatic rings. The zero-order valence-corrected chi connectivity index (χ0v) is 9.20. The molecule has 0 spiro atoms. The first-order valence-electron chi connectivity index (χ1n) is 5.37. The molecule has 0 bridgehead atoms. The van der Waals surface area contributed by atoms with E-state index in [0.29, 0.717) is 12.5 Å². The SMILES string of the molecule is CC(C)(C=O)CN1CCC(CO)CC1. The molecule has 1 fully saturated rings. The van der Waals surface area contributed by atoms with E-state index in [9.17, 15) is 4.79 Å². The Hall–Kier alpha value is -0.410. The van der Waals surface area contributed by atoms with Crippen LogP contribution in [0.2, 0.25) is 0 Å². The lowest BCUT2D eigenvalue weighted by Gasteiger charge is -2.34. The number of carbonyl (C=O) groups is 1. The van der Waals surface area contributed by atoms with Gasteiger partial charge in [-0.15, -0.1) is 0 Å². The molecule has 1 aliphatic heterocycles. The summed E-state index contributed by atoms with van der Waals surface area (Å²) >= 11 is 0. The number of hydrogen-bond acceptors (Lipinski definition) is 3. The predicted octanol–water partition coefficient (Wildman–Crippen LogP) is 0.916. The molecule has 1 saturated heterocycles. The van der Waals surface area contributed by atoms with Gasteiger partial charge in [-0.1, -0.05) is 13.8 Å². The van der Waals surface area contributed by atoms with E-state index in [0.717, 1.165) is 38.8 Å². The molecule has 0 atom stereocenters. The third kappa shape index (κ3) is 3.39. The van der Waals surface area contributed by atoms with Gasteiger partial charge in [0.1, 0.15) is 6.29 Å². The number of rotatable bonds is 4. The predicted molar refractivity (Wildman–Crippen MR) is 56.1 cm³/mol. The van der Waals surface area contributed by atoms with Crippen LogP contribution >= 0.6 is 0 Å². The highest BCUT2D eigenvalue weighted by Gasteiger charge is 2.24. The molecular formula is C11H21NO2. The second-order valence-corrected chi connectivity index (χ2v) is 5.01. The van der Waals surface area contributed by atoms with Gasteiger partial charge in [0.25, 0.3) is 0 Å². The van der Waals surface area contributed by atoms with Crippen LogP contribution < -0.4 is 0 Å². The van der Waals surface area contributed by atoms with Crippen molar-refractivity contribution in [2.45, 2.75) is 26.7 Å². The van der Waals surface area contributed by atoms with Gasteiger partial charge in [0.15, 0.2) is 0 Å². The van der Waals surface area contributed by atoms with Crippen LogP contribution in [0.4, 0.5) is 0 Å². The minimum atomic E-state index is -0.230. The number of piperidine rings is 1. The van der Waals surface area contributed by atoms with Crippen LogP contribution in [0.1, 0.15) is 26.7 Å². The van der Waals surface area contributed by atoms with E-state index in [2.05, 4.69) is 4.90 Å². The number of aldehydes is 1. The molecule has 82 valence electrons. The Kier molecular flexibility index (Phi) is 4.08. The molecule has 0 unspecified atom stereocenters. The van der Waals surface area contributed by atoms with Crippen molar-refractivity contribution >= 4 is 6.29 Å². The first-order chi connectivity index (χ1) is 6.57. The Bertz CT molecular complexity index is 184. The standard InChI is InChI=1S/C11H21NO2/c1-11(2,9-14)8-12-5-3-10(7-13)4-6-12/h9-10,13H,3-8H2,1-2H3. The van der Waals surface area contributed by atoms with E-state index in [1.807, 2.05) is 13.8 Å². The van der Waals surface area contributed by atoms with Crippen molar-refractivity contribution < 1.29 is 9.90 Å². The number of carbonyl (C=O) groups excluding carboxylic acids is 1. The van der Waals surface area contributed by atoms with E-state index in [1.54, 1.807) is 0 Å². The van der Waals surface area contributed by atoms with Crippen LogP contribution in [0.25, 0.3) is 0 Å². The molecule has 0 aliphatic carbocycles. The summed E-state index contributed by atoms with van der Waals surface area (Å²) in [7, 11) is 0. The largest absolute Gasteiger partial charge is 0.396 e. The molecule has 0 saturated carbocycles. The van der Waals surface area contributed by atoms with Gasteiger partial charge < -0.3 is 14.8 Å². The van der Waals surface area contributed by atoms with Gasteiger partial charge in [-0.2, -0.15) is 0 Å². The maximum atomic E-state index is 10.8. The number of nitrogens with zero attached hydrogens (tertiary/aromatic N) is 1. The molecular weight excluding hydrogens is 178 g/mol. The van der Waals surface area contributed by atoms with Gasteiger partial charge in [0.2, 0.25) is 0 Å². The van der Waals surface area contributed by atoms with E-state index < -0.39 is 0 Å². The fourth-order valence-corrected chi connectivity index (χ4v) is 1.94. The van der Waals surface area contributed by atoms with Gasteiger partial charge in [-0.05, 0) is 31.8 Å². The Labute approximate surface area is 86.1 Å². The van der Waals surface area contributed by atoms with Crippen LogP contribution in [0.15, 0.2) is 0 Å². The maximum absolute atomic E-state index is 10.8. The summed E-state index contributed by atoms with van der Waals surface area (Å²) in [6.45, 7) is 7.13. The number of likely N-dealkylation sites (tertiary alicyclic amines) is 1. The van der Waals surface area contributed by atoms with Crippen molar-refractivity contribution in [2.24, 2.45) is 11.3 Å². The summed E-state index contributed by atoms with van der Waals surface area (Å²) in [5.41, 5.74) is -0.230. The van der Waals surface area contributed by atoms with Crippen molar-refractivity contribution in [1.82, 2.24) is 4.90 Å². The summed E-state index contributed by atoms with van der Waals surface area (Å²) < 4.78 is 0. The van der Waals surface area contributed by atoms with Gasteiger partial charge >= 0.3 is 0 Å². The van der Waals surface area contributed by atoms with Crippen molar-refractivity contribution in [2.75, 3.05) is 26.2 Å². The van der Waals surface area contributed by atoms with Crippen molar-refractivity contribution in [3.05, 3.63) is 0 Å². The van der Waals surface area contributed by atoms with Crippen LogP contribution in [0, 0.1) is 11.3 Å². The van der Waals surface area contributed by atoms with Gasteiger partial charge in [0, 0.05) is 18.6 Å². The zero-order chi connectivity index (χ0) is 10.6. The smallest absolute Gasteiger partial charge is 0.126 e. The fourth-order valence-electron chi connectivity index (χ4n) is 1.94. The Morgan fingerprint density at radius 2 is 2.00 bits per heavy atom. The van der Waals surface area contributed by atoms with Crippen LogP contribution in [0.5, 0.6) is 0 Å². The highest BCUT2D eigenvalue weighted by molar-refractivity contribution is 5.58. The molecule has 0 amide bonds.